The van der Waals surface area contributed by atoms with E-state index in [0.29, 0.717) is 11.8 Å². The molecule has 146 valence electrons. The highest BCUT2D eigenvalue weighted by molar-refractivity contribution is 7.89. The Hall–Kier alpha value is -2.03. The fraction of sp³-hybridized carbons (Fsp3) is 0.368. The number of para-hydroxylation sites is 1. The second-order valence-electron chi connectivity index (χ2n) is 6.43. The Morgan fingerprint density at radius 1 is 1.11 bits per heavy atom. The van der Waals surface area contributed by atoms with Crippen LogP contribution in [0.5, 0.6) is 5.75 Å². The van der Waals surface area contributed by atoms with Crippen LogP contribution in [0.1, 0.15) is 24.4 Å². The number of rotatable bonds is 7. The van der Waals surface area contributed by atoms with E-state index in [0.717, 1.165) is 43.6 Å². The van der Waals surface area contributed by atoms with Gasteiger partial charge in [0, 0.05) is 12.1 Å². The summed E-state index contributed by atoms with van der Waals surface area (Å²) in [7, 11) is -2.40. The number of sulfonamides is 1. The third-order valence-electron chi connectivity index (χ3n) is 4.75. The molecular formula is C19H22F2N2O3S. The summed E-state index contributed by atoms with van der Waals surface area (Å²) in [5, 5.41) is 0. The Kier molecular flexibility index (Phi) is 6.08. The van der Waals surface area contributed by atoms with Gasteiger partial charge in [-0.1, -0.05) is 18.2 Å². The number of ether oxygens (including phenoxy) is 1. The van der Waals surface area contributed by atoms with Crippen molar-refractivity contribution in [3.8, 4) is 5.75 Å². The third-order valence-corrected chi connectivity index (χ3v) is 6.17. The predicted molar refractivity (Wildman–Crippen MR) is 98.1 cm³/mol. The largest absolute Gasteiger partial charge is 0.496 e. The number of methoxy groups -OCH3 is 1. The topological polar surface area (TPSA) is 58.6 Å². The van der Waals surface area contributed by atoms with Crippen LogP contribution >= 0.6 is 0 Å². The maximum absolute atomic E-state index is 13.4. The molecule has 1 fully saturated rings. The van der Waals surface area contributed by atoms with Crippen LogP contribution in [0.2, 0.25) is 0 Å². The third kappa shape index (κ3) is 4.45. The van der Waals surface area contributed by atoms with Gasteiger partial charge in [0.1, 0.15) is 5.75 Å². The lowest BCUT2D eigenvalue weighted by Gasteiger charge is -2.29. The number of nitrogens with zero attached hydrogens (tertiary/aromatic N) is 1. The number of hydrogen-bond acceptors (Lipinski definition) is 4. The van der Waals surface area contributed by atoms with Crippen molar-refractivity contribution in [3.63, 3.8) is 0 Å². The zero-order valence-corrected chi connectivity index (χ0v) is 15.8. The molecule has 0 unspecified atom stereocenters. The molecule has 8 heteroatoms. The van der Waals surface area contributed by atoms with E-state index in [1.165, 1.54) is 0 Å². The predicted octanol–water partition coefficient (Wildman–Crippen LogP) is 3.09. The molecule has 2 aromatic rings. The van der Waals surface area contributed by atoms with Gasteiger partial charge < -0.3 is 4.74 Å². The van der Waals surface area contributed by atoms with E-state index in [-0.39, 0.29) is 17.5 Å². The molecule has 0 radical (unpaired) electrons. The summed E-state index contributed by atoms with van der Waals surface area (Å²) in [4.78, 5) is 1.90. The quantitative estimate of drug-likeness (QED) is 0.781. The van der Waals surface area contributed by atoms with Gasteiger partial charge in [-0.05, 0) is 50.2 Å². The van der Waals surface area contributed by atoms with Crippen molar-refractivity contribution in [2.24, 2.45) is 0 Å². The maximum atomic E-state index is 13.4. The van der Waals surface area contributed by atoms with Gasteiger partial charge in [0.25, 0.3) is 0 Å². The normalized spacial score (nSPS) is 16.4. The molecule has 0 amide bonds. The summed E-state index contributed by atoms with van der Waals surface area (Å²) in [5.41, 5.74) is 0.884. The summed E-state index contributed by atoms with van der Waals surface area (Å²) in [6, 6.07) is 9.81. The van der Waals surface area contributed by atoms with Crippen LogP contribution < -0.4 is 9.46 Å². The first-order chi connectivity index (χ1) is 12.9. The van der Waals surface area contributed by atoms with Gasteiger partial charge in [-0.15, -0.1) is 0 Å². The van der Waals surface area contributed by atoms with E-state index in [9.17, 15) is 17.2 Å². The van der Waals surface area contributed by atoms with Crippen LogP contribution in [0.3, 0.4) is 0 Å². The minimum absolute atomic E-state index is 0.0989. The molecule has 1 heterocycles. The number of nitrogens with one attached hydrogen (secondary N) is 1. The first-order valence-corrected chi connectivity index (χ1v) is 10.2. The second-order valence-corrected chi connectivity index (χ2v) is 8.20. The molecule has 1 atom stereocenters. The van der Waals surface area contributed by atoms with Crippen molar-refractivity contribution in [2.45, 2.75) is 23.8 Å². The Morgan fingerprint density at radius 2 is 1.81 bits per heavy atom. The van der Waals surface area contributed by atoms with Gasteiger partial charge in [-0.2, -0.15) is 0 Å². The molecule has 1 N–H and O–H groups in total. The molecule has 0 saturated carbocycles. The highest BCUT2D eigenvalue weighted by Gasteiger charge is 2.28. The fourth-order valence-electron chi connectivity index (χ4n) is 3.35. The van der Waals surface area contributed by atoms with E-state index in [1.54, 1.807) is 7.11 Å². The lowest BCUT2D eigenvalue weighted by Crippen LogP contribution is -2.37. The summed E-state index contributed by atoms with van der Waals surface area (Å²) < 4.78 is 59.6. The molecule has 3 rings (SSSR count). The van der Waals surface area contributed by atoms with Crippen molar-refractivity contribution < 1.29 is 21.9 Å². The molecule has 27 heavy (non-hydrogen) atoms. The number of benzene rings is 2. The molecule has 1 aliphatic rings. The van der Waals surface area contributed by atoms with Crippen LogP contribution in [0, 0.1) is 11.6 Å². The second kappa shape index (κ2) is 8.33. The molecular weight excluding hydrogens is 374 g/mol. The molecule has 5 nitrogen and oxygen atoms in total. The fourth-order valence-corrected chi connectivity index (χ4v) is 4.40. The number of hydrogen-bond donors (Lipinski definition) is 1. The van der Waals surface area contributed by atoms with Gasteiger partial charge >= 0.3 is 0 Å². The van der Waals surface area contributed by atoms with Gasteiger partial charge in [-0.25, -0.2) is 21.9 Å². The van der Waals surface area contributed by atoms with Crippen molar-refractivity contribution in [1.82, 2.24) is 9.62 Å². The molecule has 2 aromatic carbocycles. The van der Waals surface area contributed by atoms with Crippen LogP contribution in [-0.4, -0.2) is 40.1 Å². The summed E-state index contributed by atoms with van der Waals surface area (Å²) in [5.74, 6) is -1.60. The zero-order chi connectivity index (χ0) is 19.4. The molecule has 1 saturated heterocycles. The summed E-state index contributed by atoms with van der Waals surface area (Å²) in [6.45, 7) is 1.81. The minimum atomic E-state index is -3.98. The standard InChI is InChI=1S/C19H22F2N2O3S/c1-26-19-7-3-2-6-15(19)18(23-10-4-5-11-23)13-22-27(24,25)14-8-9-16(20)17(21)12-14/h2-3,6-9,12,18,22H,4-5,10-11,13H2,1H3/t18-/m1/s1. The maximum Gasteiger partial charge on any atom is 0.240 e. The van der Waals surface area contributed by atoms with Crippen molar-refractivity contribution >= 4 is 10.0 Å². The van der Waals surface area contributed by atoms with Crippen molar-refractivity contribution in [2.75, 3.05) is 26.7 Å². The first-order valence-electron chi connectivity index (χ1n) is 8.74. The SMILES string of the molecule is COc1ccccc1[C@@H](CNS(=O)(=O)c1ccc(F)c(F)c1)N1CCCC1. The first kappa shape index (κ1) is 19.7. The average Bonchev–Trinajstić information content (AvgIpc) is 3.19. The lowest BCUT2D eigenvalue weighted by atomic mass is 10.0. The highest BCUT2D eigenvalue weighted by Crippen LogP contribution is 2.31. The molecule has 0 aromatic heterocycles. The Bertz CT molecular complexity index is 900. The minimum Gasteiger partial charge on any atom is -0.496 e. The number of halogens is 2. The number of likely N-dealkylation sites (tertiary alicyclic amines) is 1. The highest BCUT2D eigenvalue weighted by atomic mass is 32.2. The lowest BCUT2D eigenvalue weighted by molar-refractivity contribution is 0.240. The Balaban J connectivity index is 1.85. The summed E-state index contributed by atoms with van der Waals surface area (Å²) in [6.07, 6.45) is 2.09. The van der Waals surface area contributed by atoms with Gasteiger partial charge in [-0.3, -0.25) is 4.90 Å². The average molecular weight is 396 g/mol. The molecule has 1 aliphatic heterocycles. The van der Waals surface area contributed by atoms with E-state index < -0.39 is 21.7 Å². The van der Waals surface area contributed by atoms with Crippen LogP contribution in [-0.2, 0) is 10.0 Å². The van der Waals surface area contributed by atoms with E-state index in [1.807, 2.05) is 24.3 Å². The van der Waals surface area contributed by atoms with Gasteiger partial charge in [0.05, 0.1) is 18.0 Å². The Morgan fingerprint density at radius 3 is 2.48 bits per heavy atom. The van der Waals surface area contributed by atoms with Crippen LogP contribution in [0.15, 0.2) is 47.4 Å². The van der Waals surface area contributed by atoms with E-state index >= 15 is 0 Å². The zero-order valence-electron chi connectivity index (χ0n) is 15.0. The van der Waals surface area contributed by atoms with E-state index in [2.05, 4.69) is 9.62 Å². The van der Waals surface area contributed by atoms with Crippen LogP contribution in [0.25, 0.3) is 0 Å². The molecule has 0 bridgehead atoms. The summed E-state index contributed by atoms with van der Waals surface area (Å²) >= 11 is 0. The molecule has 0 spiro atoms. The van der Waals surface area contributed by atoms with Crippen LogP contribution in [0.4, 0.5) is 8.78 Å². The smallest absolute Gasteiger partial charge is 0.240 e. The van der Waals surface area contributed by atoms with Gasteiger partial charge in [0.2, 0.25) is 10.0 Å². The van der Waals surface area contributed by atoms with E-state index in [4.69, 9.17) is 4.74 Å². The Labute approximate surface area is 158 Å². The monoisotopic (exact) mass is 396 g/mol. The molecule has 0 aliphatic carbocycles. The van der Waals surface area contributed by atoms with Crippen molar-refractivity contribution in [1.29, 1.82) is 0 Å². The van der Waals surface area contributed by atoms with Gasteiger partial charge in [0.15, 0.2) is 11.6 Å². The van der Waals surface area contributed by atoms with Crippen molar-refractivity contribution in [3.05, 3.63) is 59.7 Å².